The molecule has 1 aromatic heterocycles. The van der Waals surface area contributed by atoms with E-state index in [9.17, 15) is 9.90 Å². The molecule has 94 valence electrons. The minimum atomic E-state index is -0.655. The van der Waals surface area contributed by atoms with Gasteiger partial charge in [0, 0.05) is 19.3 Å². The zero-order valence-electron chi connectivity index (χ0n) is 10.3. The molecule has 4 nitrogen and oxygen atoms in total. The highest BCUT2D eigenvalue weighted by Gasteiger charge is 2.34. The van der Waals surface area contributed by atoms with Crippen molar-refractivity contribution < 1.29 is 9.90 Å². The van der Waals surface area contributed by atoms with Crippen LogP contribution < -0.4 is 5.32 Å². The van der Waals surface area contributed by atoms with Gasteiger partial charge in [0.2, 0.25) is 0 Å². The van der Waals surface area contributed by atoms with Crippen molar-refractivity contribution in [1.29, 1.82) is 0 Å². The molecule has 0 aromatic carbocycles. The Morgan fingerprint density at radius 3 is 2.94 bits per heavy atom. The van der Waals surface area contributed by atoms with Crippen LogP contribution >= 0.6 is 0 Å². The number of aromatic nitrogens is 1. The summed E-state index contributed by atoms with van der Waals surface area (Å²) >= 11 is 0. The molecule has 0 atom stereocenters. The molecule has 1 aliphatic rings. The molecule has 1 aliphatic carbocycles. The Bertz CT molecular complexity index is 394. The van der Waals surface area contributed by atoms with Crippen LogP contribution in [0.4, 0.5) is 0 Å². The van der Waals surface area contributed by atoms with E-state index in [0.717, 1.165) is 32.2 Å². The zero-order chi connectivity index (χ0) is 12.3. The van der Waals surface area contributed by atoms with Gasteiger partial charge in [-0.05, 0) is 37.8 Å². The fraction of sp³-hybridized carbons (Fsp3) is 0.615. The molecule has 4 heteroatoms. The normalized spacial score (nSPS) is 17.5. The molecule has 1 aromatic rings. The van der Waals surface area contributed by atoms with Crippen LogP contribution in [0.5, 0.6) is 0 Å². The Morgan fingerprint density at radius 1 is 1.59 bits per heavy atom. The Labute approximate surface area is 102 Å². The number of nitrogens with one attached hydrogen (secondary N) is 1. The number of hydrogen-bond acceptors (Lipinski definition) is 2. The lowest BCUT2D eigenvalue weighted by molar-refractivity contribution is -0.0301. The first-order valence-corrected chi connectivity index (χ1v) is 6.30. The van der Waals surface area contributed by atoms with Crippen molar-refractivity contribution >= 4 is 5.91 Å². The lowest BCUT2D eigenvalue weighted by atomic mass is 9.80. The molecule has 1 fully saturated rings. The SMILES string of the molecule is CCCn1cccc1C(=O)NCC1(O)CCC1. The third-order valence-electron chi connectivity index (χ3n) is 3.39. The summed E-state index contributed by atoms with van der Waals surface area (Å²) < 4.78 is 1.94. The van der Waals surface area contributed by atoms with Gasteiger partial charge in [-0.3, -0.25) is 4.79 Å². The first kappa shape index (κ1) is 12.2. The fourth-order valence-electron chi connectivity index (χ4n) is 2.15. The number of rotatable bonds is 5. The number of amides is 1. The molecule has 17 heavy (non-hydrogen) atoms. The van der Waals surface area contributed by atoms with Crippen molar-refractivity contribution in [3.05, 3.63) is 24.0 Å². The molecule has 0 unspecified atom stereocenters. The number of aryl methyl sites for hydroxylation is 1. The van der Waals surface area contributed by atoms with Gasteiger partial charge in [-0.1, -0.05) is 6.92 Å². The minimum absolute atomic E-state index is 0.0937. The van der Waals surface area contributed by atoms with Crippen molar-refractivity contribution in [3.63, 3.8) is 0 Å². The predicted octanol–water partition coefficient (Wildman–Crippen LogP) is 1.54. The van der Waals surface area contributed by atoms with Crippen LogP contribution in [0.2, 0.25) is 0 Å². The molecule has 0 aliphatic heterocycles. The van der Waals surface area contributed by atoms with Crippen LogP contribution in [-0.4, -0.2) is 27.7 Å². The summed E-state index contributed by atoms with van der Waals surface area (Å²) in [5, 5.41) is 12.7. The fourth-order valence-corrected chi connectivity index (χ4v) is 2.15. The third-order valence-corrected chi connectivity index (χ3v) is 3.39. The Morgan fingerprint density at radius 2 is 2.35 bits per heavy atom. The highest BCUT2D eigenvalue weighted by molar-refractivity contribution is 5.92. The average Bonchev–Trinajstić information content (AvgIpc) is 2.72. The topological polar surface area (TPSA) is 54.3 Å². The maximum atomic E-state index is 11.9. The molecular weight excluding hydrogens is 216 g/mol. The van der Waals surface area contributed by atoms with Gasteiger partial charge in [-0.25, -0.2) is 0 Å². The molecule has 0 radical (unpaired) electrons. The van der Waals surface area contributed by atoms with Gasteiger partial charge in [0.25, 0.3) is 5.91 Å². The Kier molecular flexibility index (Phi) is 3.52. The maximum absolute atomic E-state index is 11.9. The van der Waals surface area contributed by atoms with Gasteiger partial charge >= 0.3 is 0 Å². The molecule has 0 saturated heterocycles. The van der Waals surface area contributed by atoms with E-state index in [1.165, 1.54) is 0 Å². The summed E-state index contributed by atoms with van der Waals surface area (Å²) in [7, 11) is 0. The van der Waals surface area contributed by atoms with E-state index < -0.39 is 5.60 Å². The summed E-state index contributed by atoms with van der Waals surface area (Å²) in [6.07, 6.45) is 5.56. The maximum Gasteiger partial charge on any atom is 0.268 e. The smallest absolute Gasteiger partial charge is 0.268 e. The van der Waals surface area contributed by atoms with Gasteiger partial charge in [0.05, 0.1) is 5.60 Å². The van der Waals surface area contributed by atoms with Crippen LogP contribution in [0.25, 0.3) is 0 Å². The van der Waals surface area contributed by atoms with E-state index >= 15 is 0 Å². The van der Waals surface area contributed by atoms with E-state index in [4.69, 9.17) is 0 Å². The van der Waals surface area contributed by atoms with Crippen LogP contribution in [0.15, 0.2) is 18.3 Å². The van der Waals surface area contributed by atoms with Gasteiger partial charge in [-0.15, -0.1) is 0 Å². The second-order valence-corrected chi connectivity index (χ2v) is 4.85. The number of nitrogens with zero attached hydrogens (tertiary/aromatic N) is 1. The summed E-state index contributed by atoms with van der Waals surface area (Å²) in [6, 6.07) is 3.69. The lowest BCUT2D eigenvalue weighted by Crippen LogP contribution is -2.48. The van der Waals surface area contributed by atoms with E-state index in [1.54, 1.807) is 0 Å². The van der Waals surface area contributed by atoms with Crippen molar-refractivity contribution in [2.45, 2.75) is 44.8 Å². The Balaban J connectivity index is 1.92. The van der Waals surface area contributed by atoms with Crippen LogP contribution in [0.3, 0.4) is 0 Å². The first-order valence-electron chi connectivity index (χ1n) is 6.30. The van der Waals surface area contributed by atoms with Gasteiger partial charge in [-0.2, -0.15) is 0 Å². The number of carbonyl (C=O) groups is 1. The zero-order valence-corrected chi connectivity index (χ0v) is 10.3. The van der Waals surface area contributed by atoms with Gasteiger partial charge in [0.1, 0.15) is 5.69 Å². The van der Waals surface area contributed by atoms with E-state index in [1.807, 2.05) is 22.9 Å². The molecular formula is C13H20N2O2. The summed E-state index contributed by atoms with van der Waals surface area (Å²) in [5.41, 5.74) is 0.0208. The second-order valence-electron chi connectivity index (χ2n) is 4.85. The monoisotopic (exact) mass is 236 g/mol. The predicted molar refractivity (Wildman–Crippen MR) is 65.9 cm³/mol. The minimum Gasteiger partial charge on any atom is -0.388 e. The number of hydrogen-bond donors (Lipinski definition) is 2. The summed E-state index contributed by atoms with van der Waals surface area (Å²) in [4.78, 5) is 11.9. The average molecular weight is 236 g/mol. The van der Waals surface area contributed by atoms with Crippen molar-refractivity contribution in [3.8, 4) is 0 Å². The molecule has 0 spiro atoms. The second kappa shape index (κ2) is 4.92. The number of aliphatic hydroxyl groups is 1. The van der Waals surface area contributed by atoms with E-state index in [-0.39, 0.29) is 5.91 Å². The van der Waals surface area contributed by atoms with Crippen molar-refractivity contribution in [1.82, 2.24) is 9.88 Å². The number of carbonyl (C=O) groups excluding carboxylic acids is 1. The molecule has 1 saturated carbocycles. The quantitative estimate of drug-likeness (QED) is 0.815. The molecule has 1 amide bonds. The van der Waals surface area contributed by atoms with Crippen LogP contribution in [0, 0.1) is 0 Å². The Hall–Kier alpha value is -1.29. The van der Waals surface area contributed by atoms with Crippen LogP contribution in [-0.2, 0) is 6.54 Å². The first-order chi connectivity index (χ1) is 8.14. The highest BCUT2D eigenvalue weighted by atomic mass is 16.3. The van der Waals surface area contributed by atoms with Crippen LogP contribution in [0.1, 0.15) is 43.1 Å². The standard InChI is InChI=1S/C13H20N2O2/c1-2-8-15-9-3-5-11(15)12(16)14-10-13(17)6-4-7-13/h3,5,9,17H,2,4,6-8,10H2,1H3,(H,14,16). The van der Waals surface area contributed by atoms with E-state index in [0.29, 0.717) is 12.2 Å². The highest BCUT2D eigenvalue weighted by Crippen LogP contribution is 2.30. The molecule has 2 rings (SSSR count). The largest absolute Gasteiger partial charge is 0.388 e. The van der Waals surface area contributed by atoms with Gasteiger partial charge < -0.3 is 15.0 Å². The van der Waals surface area contributed by atoms with Gasteiger partial charge in [0.15, 0.2) is 0 Å². The molecule has 1 heterocycles. The van der Waals surface area contributed by atoms with Crippen molar-refractivity contribution in [2.75, 3.05) is 6.54 Å². The van der Waals surface area contributed by atoms with E-state index in [2.05, 4.69) is 12.2 Å². The van der Waals surface area contributed by atoms with Crippen molar-refractivity contribution in [2.24, 2.45) is 0 Å². The molecule has 0 bridgehead atoms. The summed E-state index contributed by atoms with van der Waals surface area (Å²) in [6.45, 7) is 3.29. The third kappa shape index (κ3) is 2.69. The lowest BCUT2D eigenvalue weighted by Gasteiger charge is -2.36. The summed E-state index contributed by atoms with van der Waals surface area (Å²) in [5.74, 6) is -0.0937. The molecule has 2 N–H and O–H groups in total.